The van der Waals surface area contributed by atoms with Gasteiger partial charge >= 0.3 is 0 Å². The molecule has 2 atom stereocenters. The molecule has 1 fully saturated rings. The molecule has 0 radical (unpaired) electrons. The fourth-order valence-corrected chi connectivity index (χ4v) is 3.54. The van der Waals surface area contributed by atoms with Crippen LogP contribution in [0.1, 0.15) is 62.5 Å². The van der Waals surface area contributed by atoms with Crippen molar-refractivity contribution in [2.75, 3.05) is 7.11 Å². The third-order valence-corrected chi connectivity index (χ3v) is 4.55. The summed E-state index contributed by atoms with van der Waals surface area (Å²) in [5.41, 5.74) is 3.76. The van der Waals surface area contributed by atoms with Crippen molar-refractivity contribution in [1.82, 2.24) is 9.78 Å². The Morgan fingerprint density at radius 3 is 2.68 bits per heavy atom. The first kappa shape index (κ1) is 14.9. The third kappa shape index (κ3) is 2.97. The lowest BCUT2D eigenvalue weighted by molar-refractivity contribution is 0.0502. The van der Waals surface area contributed by atoms with E-state index in [1.807, 2.05) is 7.11 Å². The summed E-state index contributed by atoms with van der Waals surface area (Å²) in [6.07, 6.45) is 7.04. The van der Waals surface area contributed by atoms with Crippen LogP contribution in [0.5, 0.6) is 0 Å². The van der Waals surface area contributed by atoms with Crippen molar-refractivity contribution in [3.05, 3.63) is 17.0 Å². The van der Waals surface area contributed by atoms with Gasteiger partial charge in [-0.15, -0.1) is 11.6 Å². The van der Waals surface area contributed by atoms with E-state index in [9.17, 15) is 0 Å². The zero-order valence-corrected chi connectivity index (χ0v) is 13.0. The summed E-state index contributed by atoms with van der Waals surface area (Å²) < 4.78 is 7.79. The molecule has 3 nitrogen and oxygen atoms in total. The maximum Gasteiger partial charge on any atom is 0.0669 e. The molecule has 1 aliphatic rings. The second-order valence-corrected chi connectivity index (χ2v) is 5.60. The lowest BCUT2D eigenvalue weighted by atomic mass is 9.92. The Morgan fingerprint density at radius 1 is 1.32 bits per heavy atom. The van der Waals surface area contributed by atoms with Gasteiger partial charge in [0.25, 0.3) is 0 Å². The SMILES string of the molecule is CCc1nn(C2CCCC(OC)C2)c(CC)c1CCl. The molecule has 0 spiro atoms. The summed E-state index contributed by atoms with van der Waals surface area (Å²) in [5.74, 6) is 0.576. The topological polar surface area (TPSA) is 27.1 Å². The summed E-state index contributed by atoms with van der Waals surface area (Å²) in [7, 11) is 1.82. The second-order valence-electron chi connectivity index (χ2n) is 5.34. The maximum absolute atomic E-state index is 6.12. The Labute approximate surface area is 121 Å². The van der Waals surface area contributed by atoms with Crippen LogP contribution in [0, 0.1) is 0 Å². The van der Waals surface area contributed by atoms with Crippen LogP contribution in [-0.2, 0) is 23.5 Å². The van der Waals surface area contributed by atoms with Crippen LogP contribution in [0.25, 0.3) is 0 Å². The van der Waals surface area contributed by atoms with E-state index in [1.165, 1.54) is 36.2 Å². The molecule has 1 aromatic heterocycles. The van der Waals surface area contributed by atoms with Crippen molar-refractivity contribution in [1.29, 1.82) is 0 Å². The number of aryl methyl sites for hydroxylation is 1. The van der Waals surface area contributed by atoms with Crippen molar-refractivity contribution in [2.45, 2.75) is 70.4 Å². The Kier molecular flexibility index (Phi) is 5.28. The van der Waals surface area contributed by atoms with Gasteiger partial charge in [0.15, 0.2) is 0 Å². The highest BCUT2D eigenvalue weighted by molar-refractivity contribution is 6.17. The lowest BCUT2D eigenvalue weighted by Crippen LogP contribution is -2.26. The molecular weight excluding hydrogens is 260 g/mol. The summed E-state index contributed by atoms with van der Waals surface area (Å²) in [6, 6.07) is 0.482. The van der Waals surface area contributed by atoms with E-state index in [4.69, 9.17) is 21.4 Å². The summed E-state index contributed by atoms with van der Waals surface area (Å²) in [4.78, 5) is 0. The van der Waals surface area contributed by atoms with Crippen molar-refractivity contribution in [3.63, 3.8) is 0 Å². The van der Waals surface area contributed by atoms with Crippen LogP contribution in [0.4, 0.5) is 0 Å². The van der Waals surface area contributed by atoms with E-state index in [1.54, 1.807) is 0 Å². The molecule has 4 heteroatoms. The van der Waals surface area contributed by atoms with Gasteiger partial charge < -0.3 is 4.74 Å². The molecule has 0 amide bonds. The molecule has 108 valence electrons. The van der Waals surface area contributed by atoms with Crippen LogP contribution in [0.15, 0.2) is 0 Å². The largest absolute Gasteiger partial charge is 0.381 e. The monoisotopic (exact) mass is 284 g/mol. The van der Waals surface area contributed by atoms with Gasteiger partial charge in [-0.3, -0.25) is 4.68 Å². The number of hydrogen-bond donors (Lipinski definition) is 0. The molecule has 0 aromatic carbocycles. The number of nitrogens with zero attached hydrogens (tertiary/aromatic N) is 2. The molecule has 1 aromatic rings. The van der Waals surface area contributed by atoms with Gasteiger partial charge in [-0.25, -0.2) is 0 Å². The number of rotatable bonds is 5. The fraction of sp³-hybridized carbons (Fsp3) is 0.800. The van der Waals surface area contributed by atoms with Gasteiger partial charge in [0.05, 0.1) is 23.7 Å². The molecule has 0 saturated heterocycles. The van der Waals surface area contributed by atoms with E-state index in [-0.39, 0.29) is 0 Å². The van der Waals surface area contributed by atoms with Crippen LogP contribution in [0.2, 0.25) is 0 Å². The van der Waals surface area contributed by atoms with Crippen LogP contribution < -0.4 is 0 Å². The molecule has 0 aliphatic heterocycles. The molecule has 1 saturated carbocycles. The first-order valence-corrected chi connectivity index (χ1v) is 7.96. The fourth-order valence-electron chi connectivity index (χ4n) is 3.23. The van der Waals surface area contributed by atoms with Gasteiger partial charge in [0.2, 0.25) is 0 Å². The van der Waals surface area contributed by atoms with E-state index >= 15 is 0 Å². The smallest absolute Gasteiger partial charge is 0.0669 e. The highest BCUT2D eigenvalue weighted by Crippen LogP contribution is 2.32. The third-order valence-electron chi connectivity index (χ3n) is 4.28. The molecule has 0 N–H and O–H groups in total. The average Bonchev–Trinajstić information content (AvgIpc) is 2.84. The maximum atomic E-state index is 6.12. The van der Waals surface area contributed by atoms with Crippen LogP contribution in [-0.4, -0.2) is 23.0 Å². The van der Waals surface area contributed by atoms with Crippen molar-refractivity contribution < 1.29 is 4.74 Å². The number of methoxy groups -OCH3 is 1. The summed E-state index contributed by atoms with van der Waals surface area (Å²) in [5, 5.41) is 4.84. The summed E-state index contributed by atoms with van der Waals surface area (Å²) >= 11 is 6.12. The van der Waals surface area contributed by atoms with Crippen LogP contribution in [0.3, 0.4) is 0 Å². The minimum atomic E-state index is 0.386. The normalized spacial score (nSPS) is 23.8. The Bertz CT molecular complexity index is 417. The zero-order chi connectivity index (χ0) is 13.8. The van der Waals surface area contributed by atoms with E-state index in [2.05, 4.69) is 18.5 Å². The van der Waals surface area contributed by atoms with E-state index < -0.39 is 0 Å². The van der Waals surface area contributed by atoms with Crippen molar-refractivity contribution in [2.24, 2.45) is 0 Å². The molecule has 0 bridgehead atoms. The number of alkyl halides is 1. The Hall–Kier alpha value is -0.540. The van der Waals surface area contributed by atoms with Crippen molar-refractivity contribution in [3.8, 4) is 0 Å². The molecule has 2 rings (SSSR count). The van der Waals surface area contributed by atoms with Gasteiger partial charge in [-0.05, 0) is 38.5 Å². The number of hydrogen-bond acceptors (Lipinski definition) is 2. The molecule has 2 unspecified atom stereocenters. The predicted octanol–water partition coefficient (Wildman–Crippen LogP) is 3.88. The highest BCUT2D eigenvalue weighted by Gasteiger charge is 2.26. The van der Waals surface area contributed by atoms with E-state index in [0.29, 0.717) is 18.0 Å². The highest BCUT2D eigenvalue weighted by atomic mass is 35.5. The predicted molar refractivity (Wildman–Crippen MR) is 78.8 cm³/mol. The standard InChI is InChI=1S/C15H25ClN2O/c1-4-14-13(10-16)15(5-2)18(17-14)11-7-6-8-12(9-11)19-3/h11-12H,4-10H2,1-3H3. The lowest BCUT2D eigenvalue weighted by Gasteiger charge is -2.29. The quantitative estimate of drug-likeness (QED) is 0.767. The van der Waals surface area contributed by atoms with Crippen molar-refractivity contribution >= 4 is 11.6 Å². The number of aromatic nitrogens is 2. The number of halogens is 1. The van der Waals surface area contributed by atoms with Gasteiger partial charge in [0.1, 0.15) is 0 Å². The number of ether oxygens (including phenoxy) is 1. The summed E-state index contributed by atoms with van der Waals surface area (Å²) in [6.45, 7) is 4.35. The molecular formula is C15H25ClN2O. The first-order chi connectivity index (χ1) is 9.24. The zero-order valence-electron chi connectivity index (χ0n) is 12.3. The van der Waals surface area contributed by atoms with Gasteiger partial charge in [-0.2, -0.15) is 5.10 Å². The minimum Gasteiger partial charge on any atom is -0.381 e. The molecule has 1 aliphatic carbocycles. The van der Waals surface area contributed by atoms with Gasteiger partial charge in [-0.1, -0.05) is 13.8 Å². The van der Waals surface area contributed by atoms with Crippen LogP contribution >= 0.6 is 11.6 Å². The molecule has 1 heterocycles. The van der Waals surface area contributed by atoms with E-state index in [0.717, 1.165) is 19.3 Å². The van der Waals surface area contributed by atoms with Gasteiger partial charge in [0, 0.05) is 18.4 Å². The minimum absolute atomic E-state index is 0.386. The molecule has 19 heavy (non-hydrogen) atoms. The Morgan fingerprint density at radius 2 is 2.11 bits per heavy atom. The average molecular weight is 285 g/mol. The second kappa shape index (κ2) is 6.76. The first-order valence-electron chi connectivity index (χ1n) is 7.42. The Balaban J connectivity index is 2.30.